The Morgan fingerprint density at radius 2 is 2.17 bits per heavy atom. The monoisotopic (exact) mass is 284 g/mol. The zero-order chi connectivity index (χ0) is 13.1. The van der Waals surface area contributed by atoms with Crippen molar-refractivity contribution >= 4 is 29.1 Å². The molecule has 18 heavy (non-hydrogen) atoms. The molecule has 2 rings (SSSR count). The van der Waals surface area contributed by atoms with Crippen molar-refractivity contribution in [1.29, 1.82) is 0 Å². The summed E-state index contributed by atoms with van der Waals surface area (Å²) in [5, 5.41) is 0.961. The van der Waals surface area contributed by atoms with Gasteiger partial charge in [-0.05, 0) is 17.7 Å². The van der Waals surface area contributed by atoms with E-state index in [1.165, 1.54) is 17.6 Å². The number of carbonyl (C=O) groups is 1. The van der Waals surface area contributed by atoms with E-state index in [4.69, 9.17) is 27.6 Å². The minimum absolute atomic E-state index is 0.213. The average Bonchev–Trinajstić information content (AvgIpc) is 2.86. The summed E-state index contributed by atoms with van der Waals surface area (Å²) in [5.74, 6) is -0.213. The summed E-state index contributed by atoms with van der Waals surface area (Å²) in [6.45, 7) is 0.419. The Hall–Kier alpha value is -1.52. The number of benzene rings is 1. The molecular formula is C12H10Cl2N2O2. The summed E-state index contributed by atoms with van der Waals surface area (Å²) in [4.78, 5) is 17.2. The van der Waals surface area contributed by atoms with Crippen LogP contribution in [-0.2, 0) is 6.54 Å². The lowest BCUT2D eigenvalue weighted by Crippen LogP contribution is -2.26. The van der Waals surface area contributed by atoms with Crippen LogP contribution in [0.15, 0.2) is 35.3 Å². The summed E-state index contributed by atoms with van der Waals surface area (Å²) >= 11 is 11.7. The van der Waals surface area contributed by atoms with Crippen LogP contribution in [0.3, 0.4) is 0 Å². The number of rotatable bonds is 3. The van der Waals surface area contributed by atoms with Gasteiger partial charge in [-0.3, -0.25) is 4.79 Å². The molecular weight excluding hydrogens is 275 g/mol. The van der Waals surface area contributed by atoms with E-state index < -0.39 is 0 Å². The number of amides is 1. The summed E-state index contributed by atoms with van der Waals surface area (Å²) in [7, 11) is 1.68. The van der Waals surface area contributed by atoms with E-state index in [0.29, 0.717) is 16.6 Å². The van der Waals surface area contributed by atoms with Gasteiger partial charge in [0.1, 0.15) is 6.26 Å². The molecule has 2 aromatic rings. The Kier molecular flexibility index (Phi) is 3.89. The molecule has 6 heteroatoms. The highest BCUT2D eigenvalue weighted by molar-refractivity contribution is 6.42. The molecule has 0 aliphatic rings. The van der Waals surface area contributed by atoms with E-state index in [0.717, 1.165) is 5.56 Å². The second-order valence-electron chi connectivity index (χ2n) is 3.78. The number of hydrogen-bond acceptors (Lipinski definition) is 3. The van der Waals surface area contributed by atoms with E-state index in [9.17, 15) is 4.79 Å². The molecule has 0 aliphatic heterocycles. The van der Waals surface area contributed by atoms with Crippen molar-refractivity contribution in [2.75, 3.05) is 7.05 Å². The first-order valence-corrected chi connectivity index (χ1v) is 5.91. The van der Waals surface area contributed by atoms with Crippen LogP contribution in [-0.4, -0.2) is 22.8 Å². The Morgan fingerprint density at radius 3 is 2.78 bits per heavy atom. The maximum absolute atomic E-state index is 11.9. The zero-order valence-corrected chi connectivity index (χ0v) is 11.1. The Bertz CT molecular complexity index is 555. The van der Waals surface area contributed by atoms with Gasteiger partial charge >= 0.3 is 0 Å². The molecule has 94 valence electrons. The number of halogens is 2. The van der Waals surface area contributed by atoms with Gasteiger partial charge in [-0.1, -0.05) is 29.3 Å². The molecule has 0 atom stereocenters. The highest BCUT2D eigenvalue weighted by Gasteiger charge is 2.14. The predicted molar refractivity (Wildman–Crippen MR) is 68.8 cm³/mol. The molecule has 4 nitrogen and oxygen atoms in total. The second kappa shape index (κ2) is 5.42. The smallest absolute Gasteiger partial charge is 0.275 e. The molecule has 0 saturated carbocycles. The normalized spacial score (nSPS) is 10.4. The lowest BCUT2D eigenvalue weighted by atomic mass is 10.2. The molecule has 0 bridgehead atoms. The second-order valence-corrected chi connectivity index (χ2v) is 4.60. The van der Waals surface area contributed by atoms with E-state index in [2.05, 4.69) is 4.98 Å². The van der Waals surface area contributed by atoms with Gasteiger partial charge in [0.2, 0.25) is 0 Å². The summed E-state index contributed by atoms with van der Waals surface area (Å²) < 4.78 is 4.77. The van der Waals surface area contributed by atoms with Crippen molar-refractivity contribution < 1.29 is 9.21 Å². The molecule has 0 radical (unpaired) electrons. The Balaban J connectivity index is 2.09. The molecule has 0 fully saturated rings. The van der Waals surface area contributed by atoms with Crippen LogP contribution in [0, 0.1) is 0 Å². The van der Waals surface area contributed by atoms with E-state index in [-0.39, 0.29) is 11.6 Å². The fraction of sp³-hybridized carbons (Fsp3) is 0.167. The fourth-order valence-corrected chi connectivity index (χ4v) is 1.82. The van der Waals surface area contributed by atoms with Crippen molar-refractivity contribution in [2.45, 2.75) is 6.54 Å². The SMILES string of the molecule is CN(Cc1ccc(Cl)c(Cl)c1)C(=O)c1cocn1. The molecule has 1 aromatic carbocycles. The molecule has 0 spiro atoms. The van der Waals surface area contributed by atoms with Gasteiger partial charge < -0.3 is 9.32 Å². The minimum atomic E-state index is -0.213. The average molecular weight is 285 g/mol. The van der Waals surface area contributed by atoms with Gasteiger partial charge in [0.25, 0.3) is 5.91 Å². The lowest BCUT2D eigenvalue weighted by molar-refractivity contribution is 0.0779. The van der Waals surface area contributed by atoms with Gasteiger partial charge in [0.15, 0.2) is 12.1 Å². The van der Waals surface area contributed by atoms with E-state index >= 15 is 0 Å². The fourth-order valence-electron chi connectivity index (χ4n) is 1.50. The van der Waals surface area contributed by atoms with E-state index in [1.807, 2.05) is 6.07 Å². The highest BCUT2D eigenvalue weighted by atomic mass is 35.5. The summed E-state index contributed by atoms with van der Waals surface area (Å²) in [6, 6.07) is 5.25. The molecule has 0 unspecified atom stereocenters. The van der Waals surface area contributed by atoms with Gasteiger partial charge in [0.05, 0.1) is 10.0 Å². The maximum atomic E-state index is 11.9. The lowest BCUT2D eigenvalue weighted by Gasteiger charge is -2.16. The summed E-state index contributed by atoms with van der Waals surface area (Å²) in [6.07, 6.45) is 2.54. The van der Waals surface area contributed by atoms with Crippen molar-refractivity contribution in [2.24, 2.45) is 0 Å². The zero-order valence-electron chi connectivity index (χ0n) is 9.56. The molecule has 0 N–H and O–H groups in total. The molecule has 1 heterocycles. The van der Waals surface area contributed by atoms with Gasteiger partial charge in [-0.25, -0.2) is 4.98 Å². The number of hydrogen-bond donors (Lipinski definition) is 0. The quantitative estimate of drug-likeness (QED) is 0.869. The molecule has 1 amide bonds. The molecule has 0 saturated heterocycles. The first-order chi connectivity index (χ1) is 8.58. The number of nitrogens with zero attached hydrogens (tertiary/aromatic N) is 2. The van der Waals surface area contributed by atoms with Crippen LogP contribution in [0.25, 0.3) is 0 Å². The minimum Gasteiger partial charge on any atom is -0.451 e. The standard InChI is InChI=1S/C12H10Cl2N2O2/c1-16(12(17)11-6-18-7-15-11)5-8-2-3-9(13)10(14)4-8/h2-4,6-7H,5H2,1H3. The Labute approximate surface area is 114 Å². The van der Waals surface area contributed by atoms with Crippen LogP contribution in [0.4, 0.5) is 0 Å². The third kappa shape index (κ3) is 2.83. The first-order valence-electron chi connectivity index (χ1n) is 5.15. The van der Waals surface area contributed by atoms with Crippen molar-refractivity contribution in [3.8, 4) is 0 Å². The van der Waals surface area contributed by atoms with Crippen LogP contribution < -0.4 is 0 Å². The number of aromatic nitrogens is 1. The molecule has 1 aromatic heterocycles. The number of oxazole rings is 1. The van der Waals surface area contributed by atoms with Gasteiger partial charge in [-0.2, -0.15) is 0 Å². The Morgan fingerprint density at radius 1 is 1.39 bits per heavy atom. The van der Waals surface area contributed by atoms with Crippen LogP contribution >= 0.6 is 23.2 Å². The largest absolute Gasteiger partial charge is 0.451 e. The van der Waals surface area contributed by atoms with Crippen LogP contribution in [0.5, 0.6) is 0 Å². The highest BCUT2D eigenvalue weighted by Crippen LogP contribution is 2.23. The van der Waals surface area contributed by atoms with E-state index in [1.54, 1.807) is 19.2 Å². The number of carbonyl (C=O) groups excluding carboxylic acids is 1. The topological polar surface area (TPSA) is 46.3 Å². The third-order valence-electron chi connectivity index (χ3n) is 2.40. The maximum Gasteiger partial charge on any atom is 0.275 e. The van der Waals surface area contributed by atoms with Crippen molar-refractivity contribution in [3.05, 3.63) is 52.2 Å². The first kappa shape index (κ1) is 12.9. The van der Waals surface area contributed by atoms with Crippen molar-refractivity contribution in [1.82, 2.24) is 9.88 Å². The predicted octanol–water partition coefficient (Wildman–Crippen LogP) is 3.25. The van der Waals surface area contributed by atoms with Crippen LogP contribution in [0.1, 0.15) is 16.1 Å². The van der Waals surface area contributed by atoms with Gasteiger partial charge in [0, 0.05) is 13.6 Å². The molecule has 0 aliphatic carbocycles. The van der Waals surface area contributed by atoms with Gasteiger partial charge in [-0.15, -0.1) is 0 Å². The summed E-state index contributed by atoms with van der Waals surface area (Å²) in [5.41, 5.74) is 1.17. The van der Waals surface area contributed by atoms with Crippen LogP contribution in [0.2, 0.25) is 10.0 Å². The van der Waals surface area contributed by atoms with Crippen molar-refractivity contribution in [3.63, 3.8) is 0 Å². The third-order valence-corrected chi connectivity index (χ3v) is 3.14.